The molecule has 0 spiro atoms. The molecule has 2 aromatic rings. The zero-order valence-corrected chi connectivity index (χ0v) is 17.2. The normalized spacial score (nSPS) is 18.7. The molecule has 1 atom stereocenters. The zero-order valence-electron chi connectivity index (χ0n) is 17.2. The monoisotopic (exact) mass is 391 g/mol. The maximum Gasteiger partial charge on any atom is 0.325 e. The van der Waals surface area contributed by atoms with Gasteiger partial charge >= 0.3 is 6.03 Å². The van der Waals surface area contributed by atoms with Crippen LogP contribution in [0.15, 0.2) is 42.5 Å². The Morgan fingerprint density at radius 2 is 1.86 bits per heavy atom. The van der Waals surface area contributed by atoms with E-state index in [9.17, 15) is 9.59 Å². The van der Waals surface area contributed by atoms with E-state index >= 15 is 0 Å². The second-order valence-corrected chi connectivity index (χ2v) is 7.72. The molecule has 1 saturated heterocycles. The van der Waals surface area contributed by atoms with Gasteiger partial charge in [0.25, 0.3) is 5.91 Å². The molecule has 6 heteroatoms. The van der Waals surface area contributed by atoms with Gasteiger partial charge < -0.3 is 10.1 Å². The summed E-state index contributed by atoms with van der Waals surface area (Å²) in [5, 5.41) is 11.7. The van der Waals surface area contributed by atoms with E-state index in [2.05, 4.69) is 19.2 Å². The lowest BCUT2D eigenvalue weighted by atomic mass is 9.91. The standard InChI is InChI=1S/C23H25N3O3/c1-15(2)20-10-9-19(13-16(20)3)29-12-11-26-21(27)23(4,25-22(26)28)18-7-5-17(14-24)6-8-18/h5-10,13,15H,11-12H2,1-4H3,(H,25,28). The average Bonchev–Trinajstić information content (AvgIpc) is 2.91. The summed E-state index contributed by atoms with van der Waals surface area (Å²) in [5.41, 5.74) is 2.41. The summed E-state index contributed by atoms with van der Waals surface area (Å²) in [6.07, 6.45) is 0. The fraction of sp³-hybridized carbons (Fsp3) is 0.348. The van der Waals surface area contributed by atoms with E-state index < -0.39 is 11.6 Å². The minimum atomic E-state index is -1.15. The van der Waals surface area contributed by atoms with Crippen molar-refractivity contribution in [1.82, 2.24) is 10.2 Å². The van der Waals surface area contributed by atoms with Gasteiger partial charge in [-0.05, 0) is 60.7 Å². The highest BCUT2D eigenvalue weighted by Crippen LogP contribution is 2.29. The van der Waals surface area contributed by atoms with Gasteiger partial charge in [0.15, 0.2) is 0 Å². The van der Waals surface area contributed by atoms with Crippen molar-refractivity contribution in [2.24, 2.45) is 0 Å². The summed E-state index contributed by atoms with van der Waals surface area (Å²) in [7, 11) is 0. The highest BCUT2D eigenvalue weighted by Gasteiger charge is 2.48. The fourth-order valence-corrected chi connectivity index (χ4v) is 3.61. The molecule has 1 aliphatic rings. The first-order valence-corrected chi connectivity index (χ1v) is 9.64. The molecule has 1 aliphatic heterocycles. The van der Waals surface area contributed by atoms with Crippen molar-refractivity contribution in [3.63, 3.8) is 0 Å². The van der Waals surface area contributed by atoms with Crippen molar-refractivity contribution < 1.29 is 14.3 Å². The van der Waals surface area contributed by atoms with E-state index in [1.807, 2.05) is 31.2 Å². The van der Waals surface area contributed by atoms with Crippen LogP contribution in [0.4, 0.5) is 4.79 Å². The maximum atomic E-state index is 12.9. The lowest BCUT2D eigenvalue weighted by molar-refractivity contribution is -0.131. The molecule has 6 nitrogen and oxygen atoms in total. The van der Waals surface area contributed by atoms with Gasteiger partial charge in [-0.2, -0.15) is 5.26 Å². The quantitative estimate of drug-likeness (QED) is 0.759. The van der Waals surface area contributed by atoms with Crippen molar-refractivity contribution in [3.05, 3.63) is 64.7 Å². The van der Waals surface area contributed by atoms with Gasteiger partial charge in [-0.25, -0.2) is 4.79 Å². The lowest BCUT2D eigenvalue weighted by Crippen LogP contribution is -2.41. The van der Waals surface area contributed by atoms with Gasteiger partial charge in [0.1, 0.15) is 17.9 Å². The number of rotatable bonds is 6. The number of aryl methyl sites for hydroxylation is 1. The van der Waals surface area contributed by atoms with Crippen LogP contribution in [0.2, 0.25) is 0 Å². The number of benzene rings is 2. The van der Waals surface area contributed by atoms with Crippen LogP contribution in [0.5, 0.6) is 5.75 Å². The van der Waals surface area contributed by atoms with Crippen molar-refractivity contribution in [1.29, 1.82) is 5.26 Å². The second-order valence-electron chi connectivity index (χ2n) is 7.72. The predicted molar refractivity (Wildman–Crippen MR) is 110 cm³/mol. The molecule has 0 saturated carbocycles. The zero-order chi connectivity index (χ0) is 21.2. The van der Waals surface area contributed by atoms with E-state index in [4.69, 9.17) is 10.00 Å². The molecule has 1 N–H and O–H groups in total. The summed E-state index contributed by atoms with van der Waals surface area (Å²) in [5.74, 6) is 0.825. The molecule has 0 bridgehead atoms. The first kappa shape index (κ1) is 20.4. The Balaban J connectivity index is 1.66. The maximum absolute atomic E-state index is 12.9. The Kier molecular flexibility index (Phi) is 5.60. The largest absolute Gasteiger partial charge is 0.492 e. The number of nitrogens with zero attached hydrogens (tertiary/aromatic N) is 2. The van der Waals surface area contributed by atoms with E-state index in [1.165, 1.54) is 10.5 Å². The SMILES string of the molecule is Cc1cc(OCCN2C(=O)NC(C)(c3ccc(C#N)cc3)C2=O)ccc1C(C)C. The van der Waals surface area contributed by atoms with Crippen LogP contribution in [0.3, 0.4) is 0 Å². The summed E-state index contributed by atoms with van der Waals surface area (Å²) in [6.45, 7) is 8.37. The molecule has 0 aliphatic carbocycles. The van der Waals surface area contributed by atoms with Crippen LogP contribution >= 0.6 is 0 Å². The number of carbonyl (C=O) groups is 2. The molecular formula is C23H25N3O3. The third-order valence-electron chi connectivity index (χ3n) is 5.31. The minimum Gasteiger partial charge on any atom is -0.492 e. The van der Waals surface area contributed by atoms with E-state index in [0.29, 0.717) is 22.8 Å². The number of ether oxygens (including phenoxy) is 1. The molecule has 29 heavy (non-hydrogen) atoms. The number of amides is 3. The van der Waals surface area contributed by atoms with Crippen molar-refractivity contribution >= 4 is 11.9 Å². The van der Waals surface area contributed by atoms with Crippen LogP contribution in [-0.2, 0) is 10.3 Å². The lowest BCUT2D eigenvalue weighted by Gasteiger charge is -2.22. The van der Waals surface area contributed by atoms with Crippen LogP contribution in [-0.4, -0.2) is 30.0 Å². The highest BCUT2D eigenvalue weighted by molar-refractivity contribution is 6.07. The summed E-state index contributed by atoms with van der Waals surface area (Å²) in [4.78, 5) is 26.5. The average molecular weight is 391 g/mol. The second kappa shape index (κ2) is 7.96. The van der Waals surface area contributed by atoms with Crippen LogP contribution in [0.25, 0.3) is 0 Å². The Bertz CT molecular complexity index is 976. The van der Waals surface area contributed by atoms with Crippen LogP contribution in [0, 0.1) is 18.3 Å². The van der Waals surface area contributed by atoms with Crippen LogP contribution < -0.4 is 10.1 Å². The topological polar surface area (TPSA) is 82.4 Å². The number of urea groups is 1. The third-order valence-corrected chi connectivity index (χ3v) is 5.31. The number of nitrogens with one attached hydrogen (secondary N) is 1. The van der Waals surface area contributed by atoms with Crippen molar-refractivity contribution in [2.45, 2.75) is 39.2 Å². The molecule has 150 valence electrons. The van der Waals surface area contributed by atoms with Crippen molar-refractivity contribution in [3.8, 4) is 11.8 Å². The first-order chi connectivity index (χ1) is 13.8. The van der Waals surface area contributed by atoms with Gasteiger partial charge in [0.2, 0.25) is 0 Å². The van der Waals surface area contributed by atoms with Gasteiger partial charge in [-0.3, -0.25) is 9.69 Å². The molecule has 0 radical (unpaired) electrons. The predicted octanol–water partition coefficient (Wildman–Crippen LogP) is 3.84. The molecule has 1 unspecified atom stereocenters. The van der Waals surface area contributed by atoms with E-state index in [-0.39, 0.29) is 19.1 Å². The van der Waals surface area contributed by atoms with Crippen molar-refractivity contribution in [2.75, 3.05) is 13.2 Å². The summed E-state index contributed by atoms with van der Waals surface area (Å²) in [6, 6.07) is 14.2. The van der Waals surface area contributed by atoms with Gasteiger partial charge in [-0.15, -0.1) is 0 Å². The Morgan fingerprint density at radius 1 is 1.17 bits per heavy atom. The Morgan fingerprint density at radius 3 is 2.45 bits per heavy atom. The van der Waals surface area contributed by atoms with E-state index in [1.54, 1.807) is 31.2 Å². The van der Waals surface area contributed by atoms with Gasteiger partial charge in [0, 0.05) is 0 Å². The summed E-state index contributed by atoms with van der Waals surface area (Å²) < 4.78 is 5.77. The number of imide groups is 1. The molecular weight excluding hydrogens is 366 g/mol. The number of hydrogen-bond donors (Lipinski definition) is 1. The molecule has 3 rings (SSSR count). The third kappa shape index (κ3) is 3.95. The first-order valence-electron chi connectivity index (χ1n) is 9.64. The molecule has 1 fully saturated rings. The molecule has 0 aromatic heterocycles. The number of nitriles is 1. The molecule has 1 heterocycles. The fourth-order valence-electron chi connectivity index (χ4n) is 3.61. The van der Waals surface area contributed by atoms with Crippen LogP contribution in [0.1, 0.15) is 48.9 Å². The highest BCUT2D eigenvalue weighted by atomic mass is 16.5. The summed E-state index contributed by atoms with van der Waals surface area (Å²) >= 11 is 0. The molecule has 3 amide bonds. The number of hydrogen-bond acceptors (Lipinski definition) is 4. The van der Waals surface area contributed by atoms with E-state index in [0.717, 1.165) is 5.56 Å². The van der Waals surface area contributed by atoms with Gasteiger partial charge in [0.05, 0.1) is 18.2 Å². The molecule has 2 aromatic carbocycles. The minimum absolute atomic E-state index is 0.154. The Hall–Kier alpha value is -3.33. The number of carbonyl (C=O) groups excluding carboxylic acids is 2. The van der Waals surface area contributed by atoms with Gasteiger partial charge in [-0.1, -0.05) is 32.0 Å². The Labute approximate surface area is 171 Å². The smallest absolute Gasteiger partial charge is 0.325 e.